The molecule has 1 aromatic heterocycles. The van der Waals surface area contributed by atoms with Gasteiger partial charge in [-0.15, -0.1) is 0 Å². The third-order valence-electron chi connectivity index (χ3n) is 4.14. The number of benzene rings is 2. The molecule has 2 heterocycles. The van der Waals surface area contributed by atoms with E-state index in [0.29, 0.717) is 41.4 Å². The fraction of sp³-hybridized carbons (Fsp3) is 0.222. The molecule has 0 atom stereocenters. The van der Waals surface area contributed by atoms with Gasteiger partial charge in [0, 0.05) is 25.1 Å². The Labute approximate surface area is 173 Å². The molecule has 1 aliphatic rings. The Morgan fingerprint density at radius 3 is 2.57 bits per heavy atom. The molecule has 30 heavy (non-hydrogen) atoms. The van der Waals surface area contributed by atoms with Gasteiger partial charge in [0.25, 0.3) is 0 Å². The molecule has 3 aromatic rings. The Bertz CT molecular complexity index is 1190. The normalized spacial score (nSPS) is 13.4. The third-order valence-corrected chi connectivity index (χ3v) is 6.54. The summed E-state index contributed by atoms with van der Waals surface area (Å²) in [6.45, 7) is 0.683. The van der Waals surface area contributed by atoms with Crippen LogP contribution in [0, 0.1) is 11.6 Å². The number of sulfonamides is 1. The Morgan fingerprint density at radius 2 is 1.83 bits per heavy atom. The molecule has 4 rings (SSSR count). The van der Waals surface area contributed by atoms with Crippen molar-refractivity contribution in [2.75, 3.05) is 25.1 Å². The summed E-state index contributed by atoms with van der Waals surface area (Å²) < 4.78 is 64.4. The molecule has 8 nitrogen and oxygen atoms in total. The number of amides is 1. The summed E-state index contributed by atoms with van der Waals surface area (Å²) in [4.78, 5) is 16.0. The van der Waals surface area contributed by atoms with Crippen LogP contribution in [-0.4, -0.2) is 39.1 Å². The number of nitrogens with one attached hydrogen (secondary N) is 2. The number of nitrogens with zero attached hydrogens (tertiary/aromatic N) is 1. The number of hydrogen-bond acceptors (Lipinski definition) is 7. The second-order valence-electron chi connectivity index (χ2n) is 6.25. The zero-order chi connectivity index (χ0) is 21.3. The quantitative estimate of drug-likeness (QED) is 0.592. The van der Waals surface area contributed by atoms with E-state index < -0.39 is 32.5 Å². The van der Waals surface area contributed by atoms with Gasteiger partial charge in [0.2, 0.25) is 15.9 Å². The van der Waals surface area contributed by atoms with Crippen LogP contribution in [0.5, 0.6) is 11.5 Å². The molecule has 0 fully saturated rings. The lowest BCUT2D eigenvalue weighted by Crippen LogP contribution is -2.28. The molecule has 0 unspecified atom stereocenters. The molecule has 12 heteroatoms. The number of ether oxygens (including phenoxy) is 2. The summed E-state index contributed by atoms with van der Waals surface area (Å²) in [6.07, 6.45) is -0.179. The van der Waals surface area contributed by atoms with Crippen LogP contribution in [0.4, 0.5) is 13.9 Å². The number of carbonyl (C=O) groups is 1. The van der Waals surface area contributed by atoms with E-state index in [-0.39, 0.29) is 13.0 Å². The van der Waals surface area contributed by atoms with Gasteiger partial charge >= 0.3 is 0 Å². The molecule has 0 saturated heterocycles. The maximum Gasteiger partial charge on any atom is 0.240 e. The Kier molecular flexibility index (Phi) is 5.54. The smallest absolute Gasteiger partial charge is 0.240 e. The number of hydrogen-bond donors (Lipinski definition) is 2. The van der Waals surface area contributed by atoms with E-state index in [2.05, 4.69) is 15.0 Å². The summed E-state index contributed by atoms with van der Waals surface area (Å²) in [5.74, 6) is -1.68. The van der Waals surface area contributed by atoms with Crippen molar-refractivity contribution >= 4 is 42.6 Å². The third kappa shape index (κ3) is 4.35. The highest BCUT2D eigenvalue weighted by atomic mass is 32.2. The number of anilines is 1. The van der Waals surface area contributed by atoms with Crippen molar-refractivity contribution in [3.05, 3.63) is 42.0 Å². The highest BCUT2D eigenvalue weighted by Gasteiger charge is 2.18. The predicted molar refractivity (Wildman–Crippen MR) is 105 cm³/mol. The standard InChI is InChI=1S/C18H15F2N3O5S2/c19-11-2-1-10(7-12(11)20)30(25,26)21-4-3-17(24)23-18-22-13-8-14-15(9-16(13)29-18)28-6-5-27-14/h1-2,7-9,21H,3-6H2,(H,22,23,24). The molecule has 1 aliphatic heterocycles. The minimum atomic E-state index is -4.08. The minimum Gasteiger partial charge on any atom is -0.486 e. The van der Waals surface area contributed by atoms with Crippen LogP contribution < -0.4 is 19.5 Å². The van der Waals surface area contributed by atoms with Gasteiger partial charge in [-0.25, -0.2) is 26.9 Å². The van der Waals surface area contributed by atoms with E-state index in [9.17, 15) is 22.0 Å². The van der Waals surface area contributed by atoms with Crippen molar-refractivity contribution in [3.8, 4) is 11.5 Å². The number of thiazole rings is 1. The van der Waals surface area contributed by atoms with E-state index in [4.69, 9.17) is 9.47 Å². The first kappa shape index (κ1) is 20.4. The van der Waals surface area contributed by atoms with Crippen LogP contribution in [-0.2, 0) is 14.8 Å². The SMILES string of the molecule is O=C(CCNS(=O)(=O)c1ccc(F)c(F)c1)Nc1nc2cc3c(cc2s1)OCCO3. The predicted octanol–water partition coefficient (Wildman–Crippen LogP) is 2.65. The molecule has 0 bridgehead atoms. The second-order valence-corrected chi connectivity index (χ2v) is 9.05. The highest BCUT2D eigenvalue weighted by molar-refractivity contribution is 7.89. The lowest BCUT2D eigenvalue weighted by atomic mass is 10.3. The highest BCUT2D eigenvalue weighted by Crippen LogP contribution is 2.37. The van der Waals surface area contributed by atoms with E-state index in [1.54, 1.807) is 12.1 Å². The van der Waals surface area contributed by atoms with Crippen molar-refractivity contribution in [3.63, 3.8) is 0 Å². The summed E-state index contributed by atoms with van der Waals surface area (Å²) in [5, 5.41) is 2.95. The number of rotatable bonds is 6. The Balaban J connectivity index is 1.36. The summed E-state index contributed by atoms with van der Waals surface area (Å²) in [7, 11) is -4.08. The van der Waals surface area contributed by atoms with Crippen LogP contribution in [0.15, 0.2) is 35.2 Å². The summed E-state index contributed by atoms with van der Waals surface area (Å²) in [5.41, 5.74) is 0.638. The minimum absolute atomic E-state index is 0.179. The first-order valence-electron chi connectivity index (χ1n) is 8.76. The number of aromatic nitrogens is 1. The average molecular weight is 455 g/mol. The van der Waals surface area contributed by atoms with E-state index in [0.717, 1.165) is 16.8 Å². The maximum atomic E-state index is 13.2. The zero-order valence-electron chi connectivity index (χ0n) is 15.3. The lowest BCUT2D eigenvalue weighted by molar-refractivity contribution is -0.116. The molecule has 158 valence electrons. The monoisotopic (exact) mass is 455 g/mol. The number of halogens is 2. The van der Waals surface area contributed by atoms with Crippen LogP contribution in [0.25, 0.3) is 10.2 Å². The van der Waals surface area contributed by atoms with E-state index in [1.165, 1.54) is 11.3 Å². The van der Waals surface area contributed by atoms with Crippen LogP contribution in [0.1, 0.15) is 6.42 Å². The fourth-order valence-corrected chi connectivity index (χ4v) is 4.66. The van der Waals surface area contributed by atoms with Gasteiger partial charge in [0.05, 0.1) is 15.1 Å². The van der Waals surface area contributed by atoms with Crippen LogP contribution in [0.3, 0.4) is 0 Å². The van der Waals surface area contributed by atoms with Gasteiger partial charge in [-0.05, 0) is 18.2 Å². The first-order chi connectivity index (χ1) is 14.3. The molecule has 2 aromatic carbocycles. The van der Waals surface area contributed by atoms with Gasteiger partial charge in [0.1, 0.15) is 13.2 Å². The van der Waals surface area contributed by atoms with Crippen LogP contribution in [0.2, 0.25) is 0 Å². The molecule has 0 radical (unpaired) electrons. The second kappa shape index (κ2) is 8.13. The van der Waals surface area contributed by atoms with Gasteiger partial charge in [-0.3, -0.25) is 4.79 Å². The van der Waals surface area contributed by atoms with Gasteiger partial charge in [-0.2, -0.15) is 0 Å². The molecule has 0 spiro atoms. The van der Waals surface area contributed by atoms with Gasteiger partial charge in [-0.1, -0.05) is 11.3 Å². The lowest BCUT2D eigenvalue weighted by Gasteiger charge is -2.17. The van der Waals surface area contributed by atoms with Gasteiger partial charge in [0.15, 0.2) is 28.3 Å². The zero-order valence-corrected chi connectivity index (χ0v) is 16.9. The molecular weight excluding hydrogens is 440 g/mol. The maximum absolute atomic E-state index is 13.2. The van der Waals surface area contributed by atoms with Crippen molar-refractivity contribution in [2.24, 2.45) is 0 Å². The van der Waals surface area contributed by atoms with Gasteiger partial charge < -0.3 is 14.8 Å². The summed E-state index contributed by atoms with van der Waals surface area (Å²) in [6, 6.07) is 5.75. The van der Waals surface area contributed by atoms with Crippen molar-refractivity contribution in [1.82, 2.24) is 9.71 Å². The van der Waals surface area contributed by atoms with Crippen LogP contribution >= 0.6 is 11.3 Å². The first-order valence-corrected chi connectivity index (χ1v) is 11.1. The van der Waals surface area contributed by atoms with Crippen molar-refractivity contribution in [2.45, 2.75) is 11.3 Å². The average Bonchev–Trinajstić information content (AvgIpc) is 3.08. The topological polar surface area (TPSA) is 107 Å². The number of fused-ring (bicyclic) bond motifs is 2. The molecular formula is C18H15F2N3O5S2. The molecule has 0 saturated carbocycles. The van der Waals surface area contributed by atoms with E-state index in [1.807, 2.05) is 0 Å². The summed E-state index contributed by atoms with van der Waals surface area (Å²) >= 11 is 1.24. The molecule has 2 N–H and O–H groups in total. The molecule has 1 amide bonds. The van der Waals surface area contributed by atoms with Crippen molar-refractivity contribution in [1.29, 1.82) is 0 Å². The van der Waals surface area contributed by atoms with Crippen molar-refractivity contribution < 1.29 is 31.5 Å². The molecule has 0 aliphatic carbocycles. The number of carbonyl (C=O) groups excluding carboxylic acids is 1. The Morgan fingerprint density at radius 1 is 1.10 bits per heavy atom. The largest absolute Gasteiger partial charge is 0.486 e. The fourth-order valence-electron chi connectivity index (χ4n) is 2.73. The Hall–Kier alpha value is -2.83. The van der Waals surface area contributed by atoms with E-state index >= 15 is 0 Å².